The maximum atomic E-state index is 12.7. The van der Waals surface area contributed by atoms with Gasteiger partial charge in [0.15, 0.2) is 0 Å². The maximum Gasteiger partial charge on any atom is 0.252 e. The minimum Gasteiger partial charge on any atom is -0.361 e. The molecule has 1 amide bonds. The van der Waals surface area contributed by atoms with Crippen LogP contribution >= 0.6 is 0 Å². The number of allylic oxidation sites excluding steroid dienone is 1. The van der Waals surface area contributed by atoms with E-state index >= 15 is 0 Å². The summed E-state index contributed by atoms with van der Waals surface area (Å²) in [6.07, 6.45) is 11.6. The van der Waals surface area contributed by atoms with Crippen molar-refractivity contribution in [2.45, 2.75) is 19.3 Å². The summed E-state index contributed by atoms with van der Waals surface area (Å²) in [4.78, 5) is 19.4. The SMILES string of the molecule is O=C1NCC(c2c[nH]c3ccccc23)=C1c1c[nH]c2c1CCCC=C2. The van der Waals surface area contributed by atoms with Crippen molar-refractivity contribution in [1.29, 1.82) is 0 Å². The van der Waals surface area contributed by atoms with E-state index in [1.54, 1.807) is 0 Å². The second-order valence-corrected chi connectivity index (χ2v) is 6.67. The molecule has 0 radical (unpaired) electrons. The number of aromatic amines is 2. The van der Waals surface area contributed by atoms with Crippen LogP contribution in [0.2, 0.25) is 0 Å². The Morgan fingerprint density at radius 3 is 2.84 bits per heavy atom. The highest BCUT2D eigenvalue weighted by Gasteiger charge is 2.29. The topological polar surface area (TPSA) is 60.7 Å². The first-order valence-corrected chi connectivity index (χ1v) is 8.78. The van der Waals surface area contributed by atoms with Gasteiger partial charge in [0.2, 0.25) is 0 Å². The first kappa shape index (κ1) is 14.3. The summed E-state index contributed by atoms with van der Waals surface area (Å²) in [5.74, 6) is 0.0234. The summed E-state index contributed by atoms with van der Waals surface area (Å²) in [6.45, 7) is 0.575. The lowest BCUT2D eigenvalue weighted by molar-refractivity contribution is -0.114. The minimum absolute atomic E-state index is 0.0234. The zero-order valence-electron chi connectivity index (χ0n) is 13.9. The van der Waals surface area contributed by atoms with Gasteiger partial charge in [-0.2, -0.15) is 0 Å². The first-order chi connectivity index (χ1) is 12.3. The van der Waals surface area contributed by atoms with E-state index in [0.29, 0.717) is 6.54 Å². The van der Waals surface area contributed by atoms with Gasteiger partial charge in [-0.25, -0.2) is 0 Å². The van der Waals surface area contributed by atoms with Crippen molar-refractivity contribution in [3.8, 4) is 0 Å². The van der Waals surface area contributed by atoms with Crippen LogP contribution in [-0.2, 0) is 11.2 Å². The molecule has 0 saturated carbocycles. The van der Waals surface area contributed by atoms with E-state index in [1.165, 1.54) is 5.56 Å². The van der Waals surface area contributed by atoms with Crippen LogP contribution in [0.25, 0.3) is 28.1 Å². The lowest BCUT2D eigenvalue weighted by Gasteiger charge is -2.07. The van der Waals surface area contributed by atoms with Crippen molar-refractivity contribution in [1.82, 2.24) is 15.3 Å². The molecule has 1 aliphatic carbocycles. The van der Waals surface area contributed by atoms with Crippen molar-refractivity contribution in [2.75, 3.05) is 6.54 Å². The first-order valence-electron chi connectivity index (χ1n) is 8.78. The summed E-state index contributed by atoms with van der Waals surface area (Å²) >= 11 is 0. The highest BCUT2D eigenvalue weighted by molar-refractivity contribution is 6.31. The number of aromatic nitrogens is 2. The van der Waals surface area contributed by atoms with Crippen LogP contribution < -0.4 is 5.32 Å². The summed E-state index contributed by atoms with van der Waals surface area (Å²) < 4.78 is 0. The van der Waals surface area contributed by atoms with Gasteiger partial charge in [0.25, 0.3) is 5.91 Å². The fourth-order valence-electron chi connectivity index (χ4n) is 4.03. The molecule has 0 bridgehead atoms. The molecular weight excluding hydrogens is 310 g/mol. The third kappa shape index (κ3) is 2.18. The number of fused-ring (bicyclic) bond motifs is 2. The van der Waals surface area contributed by atoms with Gasteiger partial charge in [0.05, 0.1) is 5.57 Å². The van der Waals surface area contributed by atoms with Crippen molar-refractivity contribution >= 4 is 34.0 Å². The Labute approximate surface area is 145 Å². The standard InChI is InChI=1S/C21H19N3O/c25-21-20(16-11-23-19-8-3-1-2-6-14(16)19)17(12-24-21)15-10-22-18-9-5-4-7-13(15)18/h3-5,7-11,22-23H,1-2,6,12H2,(H,24,25). The number of carbonyl (C=O) groups excluding carboxylic acids is 1. The maximum absolute atomic E-state index is 12.7. The van der Waals surface area contributed by atoms with Crippen LogP contribution in [0, 0.1) is 0 Å². The third-order valence-corrected chi connectivity index (χ3v) is 5.24. The van der Waals surface area contributed by atoms with Crippen LogP contribution in [0.3, 0.4) is 0 Å². The molecule has 1 aliphatic heterocycles. The van der Waals surface area contributed by atoms with Gasteiger partial charge in [-0.3, -0.25) is 4.79 Å². The molecule has 25 heavy (non-hydrogen) atoms. The Kier molecular flexibility index (Phi) is 3.17. The molecule has 4 nitrogen and oxygen atoms in total. The molecule has 3 N–H and O–H groups in total. The minimum atomic E-state index is 0.0234. The number of carbonyl (C=O) groups is 1. The molecule has 2 aromatic heterocycles. The highest BCUT2D eigenvalue weighted by atomic mass is 16.1. The summed E-state index contributed by atoms with van der Waals surface area (Å²) in [6, 6.07) is 8.23. The van der Waals surface area contributed by atoms with Crippen molar-refractivity contribution in [3.05, 3.63) is 65.1 Å². The molecule has 0 spiro atoms. The van der Waals surface area contributed by atoms with Gasteiger partial charge in [-0.1, -0.05) is 24.3 Å². The third-order valence-electron chi connectivity index (χ3n) is 5.24. The van der Waals surface area contributed by atoms with E-state index in [2.05, 4.69) is 39.6 Å². The number of rotatable bonds is 2. The fourth-order valence-corrected chi connectivity index (χ4v) is 4.03. The lowest BCUT2D eigenvalue weighted by Crippen LogP contribution is -2.17. The number of hydrogen-bond donors (Lipinski definition) is 3. The van der Waals surface area contributed by atoms with Crippen LogP contribution in [0.5, 0.6) is 0 Å². The molecule has 4 heteroatoms. The van der Waals surface area contributed by atoms with E-state index < -0.39 is 0 Å². The van der Waals surface area contributed by atoms with Crippen LogP contribution in [0.4, 0.5) is 0 Å². The highest BCUT2D eigenvalue weighted by Crippen LogP contribution is 2.37. The second-order valence-electron chi connectivity index (χ2n) is 6.67. The molecule has 3 heterocycles. The number of H-pyrrole nitrogens is 2. The van der Waals surface area contributed by atoms with Gasteiger partial charge < -0.3 is 15.3 Å². The zero-order chi connectivity index (χ0) is 16.8. The van der Waals surface area contributed by atoms with Crippen molar-refractivity contribution in [3.63, 3.8) is 0 Å². The molecular formula is C21H19N3O. The molecule has 124 valence electrons. The quantitative estimate of drug-likeness (QED) is 0.656. The Hall–Kier alpha value is -3.01. The molecule has 0 saturated heterocycles. The number of nitrogens with one attached hydrogen (secondary N) is 3. The summed E-state index contributed by atoms with van der Waals surface area (Å²) in [5, 5.41) is 4.18. The van der Waals surface area contributed by atoms with E-state index in [0.717, 1.165) is 58.1 Å². The van der Waals surface area contributed by atoms with Gasteiger partial charge in [0.1, 0.15) is 0 Å². The average molecular weight is 329 g/mol. The van der Waals surface area contributed by atoms with E-state index in [9.17, 15) is 4.79 Å². The lowest BCUT2D eigenvalue weighted by atomic mass is 9.93. The van der Waals surface area contributed by atoms with Crippen molar-refractivity contribution < 1.29 is 4.79 Å². The Balaban J connectivity index is 1.73. The Morgan fingerprint density at radius 1 is 1.00 bits per heavy atom. The predicted octanol–water partition coefficient (Wildman–Crippen LogP) is 3.89. The van der Waals surface area contributed by atoms with Crippen LogP contribution in [0.15, 0.2) is 42.7 Å². The Morgan fingerprint density at radius 2 is 1.88 bits per heavy atom. The summed E-state index contributed by atoms with van der Waals surface area (Å²) in [5.41, 5.74) is 7.56. The summed E-state index contributed by atoms with van der Waals surface area (Å²) in [7, 11) is 0. The van der Waals surface area contributed by atoms with E-state index in [-0.39, 0.29) is 5.91 Å². The number of benzene rings is 1. The molecule has 3 aromatic rings. The molecule has 1 aromatic carbocycles. The van der Waals surface area contributed by atoms with Crippen molar-refractivity contribution in [2.24, 2.45) is 0 Å². The van der Waals surface area contributed by atoms with Crippen LogP contribution in [-0.4, -0.2) is 22.4 Å². The van der Waals surface area contributed by atoms with Gasteiger partial charge in [-0.15, -0.1) is 0 Å². The van der Waals surface area contributed by atoms with E-state index in [4.69, 9.17) is 0 Å². The number of hydrogen-bond acceptors (Lipinski definition) is 1. The normalized spacial score (nSPS) is 17.0. The molecule has 5 rings (SSSR count). The Bertz CT molecular complexity index is 1050. The molecule has 0 fully saturated rings. The monoisotopic (exact) mass is 329 g/mol. The molecule has 2 aliphatic rings. The smallest absolute Gasteiger partial charge is 0.252 e. The van der Waals surface area contributed by atoms with Crippen LogP contribution in [0.1, 0.15) is 35.2 Å². The zero-order valence-corrected chi connectivity index (χ0v) is 13.9. The van der Waals surface area contributed by atoms with Gasteiger partial charge in [0, 0.05) is 46.7 Å². The molecule has 0 atom stereocenters. The average Bonchev–Trinajstić information content (AvgIpc) is 3.27. The van der Waals surface area contributed by atoms with Gasteiger partial charge >= 0.3 is 0 Å². The second kappa shape index (κ2) is 5.52. The predicted molar refractivity (Wildman–Crippen MR) is 101 cm³/mol. The van der Waals surface area contributed by atoms with Gasteiger partial charge in [-0.05, 0) is 42.5 Å². The van der Waals surface area contributed by atoms with E-state index in [1.807, 2.05) is 24.5 Å². The number of amides is 1. The molecule has 0 unspecified atom stereocenters. The number of para-hydroxylation sites is 1. The fraction of sp³-hybridized carbons (Fsp3) is 0.190. The largest absolute Gasteiger partial charge is 0.361 e.